The topological polar surface area (TPSA) is 237 Å². The highest BCUT2D eigenvalue weighted by molar-refractivity contribution is 7.47. The second kappa shape index (κ2) is 77.4. The third-order valence-electron chi connectivity index (χ3n) is 17.9. The summed E-state index contributed by atoms with van der Waals surface area (Å²) < 4.78 is 68.8. The number of hydrogen-bond donors (Lipinski definition) is 3. The van der Waals surface area contributed by atoms with E-state index in [0.717, 1.165) is 161 Å². The summed E-state index contributed by atoms with van der Waals surface area (Å²) in [6.45, 7) is 4.70. The standard InChI is InChI=1S/C85H152O17P2/c1-5-9-13-17-21-25-29-33-37-39-43-46-50-54-58-62-66-70-83(88)96-76-81(102-85(90)72-68-64-60-56-52-48-44-40-38-34-30-26-22-18-14-10-6-2)78-100-104(93,94)98-74-79(86)73-97-103(91,92)99-77-80(101-84(89)71-67-63-59-55-51-47-42-36-32-28-24-20-16-12-8-4)75-95-82(87)69-65-61-57-53-49-45-41-35-31-27-23-19-15-11-7-3/h9-10,13-14,21-22,25-26,33-34,37-38,43,46,79-81,86H,5-8,11-12,15-20,23-24,27-32,35-36,39-42,44-45,47-78H2,1-4H3,(H,91,92)(H,93,94)/b13-9-,14-10-,25-21-,26-22-,37-33-,38-34-,46-43-. The van der Waals surface area contributed by atoms with E-state index in [4.69, 9.17) is 37.0 Å². The Morgan fingerprint density at radius 1 is 0.279 bits per heavy atom. The Morgan fingerprint density at radius 3 is 0.769 bits per heavy atom. The van der Waals surface area contributed by atoms with Crippen LogP contribution in [0.25, 0.3) is 0 Å². The molecule has 5 atom stereocenters. The number of rotatable bonds is 79. The molecule has 104 heavy (non-hydrogen) atoms. The first-order valence-corrected chi connectivity index (χ1v) is 44.8. The van der Waals surface area contributed by atoms with Gasteiger partial charge < -0.3 is 33.8 Å². The highest BCUT2D eigenvalue weighted by Crippen LogP contribution is 2.45. The number of carbonyl (C=O) groups excluding carboxylic acids is 4. The van der Waals surface area contributed by atoms with Gasteiger partial charge in [-0.1, -0.05) is 337 Å². The summed E-state index contributed by atoms with van der Waals surface area (Å²) in [6, 6.07) is 0. The number of phosphoric ester groups is 2. The molecule has 0 aromatic heterocycles. The van der Waals surface area contributed by atoms with Crippen LogP contribution in [0.5, 0.6) is 0 Å². The lowest BCUT2D eigenvalue weighted by atomic mass is 10.0. The monoisotopic (exact) mass is 1510 g/mol. The molecular formula is C85H152O17P2. The molecule has 0 aromatic carbocycles. The SMILES string of the molecule is CC/C=C\C/C=C\C/C=C\C/C=C\CCCCCCC(=O)OCC(COP(=O)(O)OCC(O)COP(=O)(O)OCC(COC(=O)CCCCCCCCCCCCCCCCC)OC(=O)CCCCCCCCCCCCCCCCC)OC(=O)CCCCCCCCC/C=C\C/C=C\C/C=C\CC. The molecule has 0 aromatic rings. The highest BCUT2D eigenvalue weighted by atomic mass is 31.2. The van der Waals surface area contributed by atoms with Crippen LogP contribution in [0.15, 0.2) is 85.1 Å². The summed E-state index contributed by atoms with van der Waals surface area (Å²) >= 11 is 0. The van der Waals surface area contributed by atoms with E-state index in [-0.39, 0.29) is 25.7 Å². The van der Waals surface area contributed by atoms with Gasteiger partial charge in [0.1, 0.15) is 19.3 Å². The van der Waals surface area contributed by atoms with Crippen molar-refractivity contribution in [1.82, 2.24) is 0 Å². The summed E-state index contributed by atoms with van der Waals surface area (Å²) in [5, 5.41) is 10.7. The van der Waals surface area contributed by atoms with Gasteiger partial charge >= 0.3 is 39.5 Å². The number of esters is 4. The summed E-state index contributed by atoms with van der Waals surface area (Å²) in [7, 11) is -9.96. The van der Waals surface area contributed by atoms with Crippen LogP contribution in [0.2, 0.25) is 0 Å². The summed E-state index contributed by atoms with van der Waals surface area (Å²) in [5.74, 6) is -2.18. The Bertz CT molecular complexity index is 2300. The normalized spacial score (nSPS) is 14.3. The molecule has 604 valence electrons. The average molecular weight is 1510 g/mol. The van der Waals surface area contributed by atoms with Crippen molar-refractivity contribution in [1.29, 1.82) is 0 Å². The molecule has 0 radical (unpaired) electrons. The molecule has 0 saturated carbocycles. The zero-order chi connectivity index (χ0) is 76.0. The lowest BCUT2D eigenvalue weighted by molar-refractivity contribution is -0.161. The molecule has 0 aliphatic carbocycles. The smallest absolute Gasteiger partial charge is 0.462 e. The van der Waals surface area contributed by atoms with E-state index in [9.17, 15) is 43.2 Å². The van der Waals surface area contributed by atoms with Crippen LogP contribution in [0, 0.1) is 0 Å². The van der Waals surface area contributed by atoms with Crippen LogP contribution < -0.4 is 0 Å². The minimum absolute atomic E-state index is 0.0792. The van der Waals surface area contributed by atoms with E-state index < -0.39 is 97.5 Å². The Hall–Kier alpha value is -3.76. The van der Waals surface area contributed by atoms with Crippen LogP contribution in [-0.2, 0) is 65.4 Å². The summed E-state index contributed by atoms with van der Waals surface area (Å²) in [5.41, 5.74) is 0. The Labute approximate surface area is 634 Å². The van der Waals surface area contributed by atoms with E-state index in [0.29, 0.717) is 25.7 Å². The first-order chi connectivity index (χ1) is 50.7. The maximum atomic E-state index is 13.1. The molecule has 0 heterocycles. The molecule has 0 rings (SSSR count). The number of phosphoric acid groups is 2. The zero-order valence-electron chi connectivity index (χ0n) is 66.2. The van der Waals surface area contributed by atoms with Crippen LogP contribution in [0.3, 0.4) is 0 Å². The van der Waals surface area contributed by atoms with Crippen molar-refractivity contribution < 1.29 is 80.2 Å². The molecule has 19 heteroatoms. The Kier molecular flexibility index (Phi) is 74.6. The van der Waals surface area contributed by atoms with Crippen molar-refractivity contribution in [3.05, 3.63) is 85.1 Å². The predicted octanol–water partition coefficient (Wildman–Crippen LogP) is 24.6. The van der Waals surface area contributed by atoms with Crippen molar-refractivity contribution in [2.75, 3.05) is 39.6 Å². The van der Waals surface area contributed by atoms with E-state index in [1.807, 2.05) is 0 Å². The minimum atomic E-state index is -4.98. The molecule has 0 spiro atoms. The van der Waals surface area contributed by atoms with Crippen LogP contribution in [0.4, 0.5) is 0 Å². The third-order valence-corrected chi connectivity index (χ3v) is 19.8. The lowest BCUT2D eigenvalue weighted by Gasteiger charge is -2.21. The number of carbonyl (C=O) groups is 4. The maximum absolute atomic E-state index is 13.1. The molecule has 0 aliphatic rings. The second-order valence-electron chi connectivity index (χ2n) is 28.0. The van der Waals surface area contributed by atoms with Crippen molar-refractivity contribution >= 4 is 39.5 Å². The molecule has 0 saturated heterocycles. The van der Waals surface area contributed by atoms with E-state index in [2.05, 4.69) is 113 Å². The van der Waals surface area contributed by atoms with Crippen molar-refractivity contribution in [2.24, 2.45) is 0 Å². The average Bonchev–Trinajstić information content (AvgIpc) is 0.926. The van der Waals surface area contributed by atoms with E-state index in [1.165, 1.54) is 135 Å². The van der Waals surface area contributed by atoms with Gasteiger partial charge in [-0.25, -0.2) is 9.13 Å². The van der Waals surface area contributed by atoms with Gasteiger partial charge in [0.2, 0.25) is 0 Å². The molecular weight excluding hydrogens is 1350 g/mol. The van der Waals surface area contributed by atoms with Crippen LogP contribution >= 0.6 is 15.6 Å². The fourth-order valence-electron chi connectivity index (χ4n) is 11.6. The Morgan fingerprint density at radius 2 is 0.500 bits per heavy atom. The van der Waals surface area contributed by atoms with E-state index in [1.54, 1.807) is 0 Å². The molecule has 0 bridgehead atoms. The highest BCUT2D eigenvalue weighted by Gasteiger charge is 2.30. The fraction of sp³-hybridized carbons (Fsp3) is 0.788. The zero-order valence-corrected chi connectivity index (χ0v) is 68.0. The van der Waals surface area contributed by atoms with E-state index >= 15 is 0 Å². The molecule has 17 nitrogen and oxygen atoms in total. The Balaban J connectivity index is 5.36. The van der Waals surface area contributed by atoms with Crippen LogP contribution in [-0.4, -0.2) is 96.7 Å². The van der Waals surface area contributed by atoms with Crippen molar-refractivity contribution in [3.63, 3.8) is 0 Å². The molecule has 0 aliphatic heterocycles. The minimum Gasteiger partial charge on any atom is -0.462 e. The molecule has 0 amide bonds. The van der Waals surface area contributed by atoms with Gasteiger partial charge in [-0.05, 0) is 96.3 Å². The lowest BCUT2D eigenvalue weighted by Crippen LogP contribution is -2.30. The molecule has 5 unspecified atom stereocenters. The second-order valence-corrected chi connectivity index (χ2v) is 30.9. The fourth-order valence-corrected chi connectivity index (χ4v) is 13.2. The molecule has 3 N–H and O–H groups in total. The number of allylic oxidation sites excluding steroid dienone is 14. The molecule has 0 fully saturated rings. The number of aliphatic hydroxyl groups is 1. The van der Waals surface area contributed by atoms with Crippen LogP contribution in [0.1, 0.15) is 374 Å². The predicted molar refractivity (Wildman–Crippen MR) is 427 cm³/mol. The van der Waals surface area contributed by atoms with Crippen molar-refractivity contribution in [2.45, 2.75) is 393 Å². The number of hydrogen-bond acceptors (Lipinski definition) is 15. The van der Waals surface area contributed by atoms with Gasteiger partial charge in [0.25, 0.3) is 0 Å². The summed E-state index contributed by atoms with van der Waals surface area (Å²) in [6.07, 6.45) is 81.1. The van der Waals surface area contributed by atoms with Gasteiger partial charge in [0.15, 0.2) is 12.2 Å². The maximum Gasteiger partial charge on any atom is 0.472 e. The first-order valence-electron chi connectivity index (χ1n) is 41.8. The van der Waals surface area contributed by atoms with Crippen molar-refractivity contribution in [3.8, 4) is 0 Å². The van der Waals surface area contributed by atoms with Gasteiger partial charge in [-0.15, -0.1) is 0 Å². The number of aliphatic hydroxyl groups excluding tert-OH is 1. The first kappa shape index (κ1) is 100. The van der Waals surface area contributed by atoms with Gasteiger partial charge in [-0.2, -0.15) is 0 Å². The number of ether oxygens (including phenoxy) is 4. The largest absolute Gasteiger partial charge is 0.472 e. The van der Waals surface area contributed by atoms with Gasteiger partial charge in [0, 0.05) is 25.7 Å². The third kappa shape index (κ3) is 76.4. The summed E-state index contributed by atoms with van der Waals surface area (Å²) in [4.78, 5) is 73.2. The quantitative estimate of drug-likeness (QED) is 0.0169. The van der Waals surface area contributed by atoms with Gasteiger partial charge in [-0.3, -0.25) is 37.3 Å². The van der Waals surface area contributed by atoms with Gasteiger partial charge in [0.05, 0.1) is 26.4 Å². The number of unbranched alkanes of at least 4 members (excludes halogenated alkanes) is 39.